The fourth-order valence-corrected chi connectivity index (χ4v) is 0. The van der Waals surface area contributed by atoms with E-state index in [4.69, 9.17) is 0 Å². The van der Waals surface area contributed by atoms with Crippen LogP contribution >= 0.6 is 93.1 Å². The molecule has 0 aliphatic carbocycles. The van der Waals surface area contributed by atoms with Gasteiger partial charge in [0, 0.05) is 3.87 Å². The fraction of sp³-hybridized carbons (Fsp3) is 1.00. The van der Waals surface area contributed by atoms with Gasteiger partial charge in [0.2, 0.25) is 0 Å². The largest absolute Gasteiger partial charge is 0.0748 e. The van der Waals surface area contributed by atoms with Crippen molar-refractivity contribution in [3.05, 3.63) is 0 Å². The number of alkyl halides is 2. The molecule has 0 aromatic heterocycles. The maximum absolute atomic E-state index is 2.30. The van der Waals surface area contributed by atoms with Crippen molar-refractivity contribution < 1.29 is 0 Å². The highest BCUT2D eigenvalue weighted by molar-refractivity contribution is 14.3. The van der Waals surface area contributed by atoms with Crippen molar-refractivity contribution in [2.75, 3.05) is 2.43 Å². The molecule has 0 aromatic rings. The van der Waals surface area contributed by atoms with E-state index in [0.29, 0.717) is 0 Å². The van der Waals surface area contributed by atoms with Gasteiger partial charge in [0.1, 0.15) is 0 Å². The van der Waals surface area contributed by atoms with Crippen LogP contribution in [-0.2, 0) is 0 Å². The summed E-state index contributed by atoms with van der Waals surface area (Å²) in [4.78, 5) is 0. The lowest BCUT2D eigenvalue weighted by molar-refractivity contribution is 2.58. The standard InChI is InChI=1S/CH2I2.HI2P/c2-1-3;1-3-2/h1H2;3H. The van der Waals surface area contributed by atoms with E-state index >= 15 is 0 Å². The first-order valence-corrected chi connectivity index (χ1v) is 11.2. The molecule has 40 valence electrons. The number of halogens is 4. The SMILES string of the molecule is ICI.IPI. The van der Waals surface area contributed by atoms with Gasteiger partial charge < -0.3 is 0 Å². The van der Waals surface area contributed by atoms with Gasteiger partial charge in [0.05, 0.1) is 2.43 Å². The molecule has 0 saturated heterocycles. The molecular formula is CH3I4P. The van der Waals surface area contributed by atoms with Gasteiger partial charge in [0.25, 0.3) is 0 Å². The van der Waals surface area contributed by atoms with E-state index in [1.54, 1.807) is 0 Å². The predicted octanol–water partition coefficient (Wildman–Crippen LogP) is 4.18. The first-order valence-electron chi connectivity index (χ1n) is 0.912. The Balaban J connectivity index is 0. The highest BCUT2D eigenvalue weighted by atomic mass is 127. The van der Waals surface area contributed by atoms with E-state index in [2.05, 4.69) is 89.3 Å². The molecule has 5 heteroatoms. The second-order valence-electron chi connectivity index (χ2n) is 0.172. The number of hydrogen-bond acceptors (Lipinski definition) is 0. The van der Waals surface area contributed by atoms with Crippen molar-refractivity contribution in [3.63, 3.8) is 0 Å². The van der Waals surface area contributed by atoms with Crippen molar-refractivity contribution in [1.82, 2.24) is 0 Å². The van der Waals surface area contributed by atoms with Crippen LogP contribution in [0, 0.1) is 0 Å². The van der Waals surface area contributed by atoms with Crippen LogP contribution in [0.5, 0.6) is 0 Å². The number of hydrogen-bond donors (Lipinski definition) is 0. The van der Waals surface area contributed by atoms with E-state index in [1.165, 1.54) is 2.43 Å². The Morgan fingerprint density at radius 2 is 1.17 bits per heavy atom. The molecule has 0 heterocycles. The topological polar surface area (TPSA) is 0 Å². The smallest absolute Gasteiger partial charge is 0.0516 e. The van der Waals surface area contributed by atoms with Crippen LogP contribution in [-0.4, -0.2) is 2.43 Å². The van der Waals surface area contributed by atoms with E-state index in [9.17, 15) is 0 Å². The Kier molecular flexibility index (Phi) is 31.7. The Labute approximate surface area is 93.4 Å². The monoisotopic (exact) mass is 554 g/mol. The molecule has 0 fully saturated rings. The molecule has 0 rings (SSSR count). The Bertz CT molecular complexity index is 9.51. The van der Waals surface area contributed by atoms with Crippen LogP contribution in [0.15, 0.2) is 0 Å². The van der Waals surface area contributed by atoms with Crippen molar-refractivity contribution in [3.8, 4) is 0 Å². The van der Waals surface area contributed by atoms with Crippen LogP contribution in [0.4, 0.5) is 0 Å². The minimum Gasteiger partial charge on any atom is -0.0748 e. The maximum atomic E-state index is 2.30. The van der Waals surface area contributed by atoms with Gasteiger partial charge in [-0.1, -0.05) is 45.2 Å². The lowest BCUT2D eigenvalue weighted by atomic mass is 12.0. The van der Waals surface area contributed by atoms with E-state index in [-0.39, 0.29) is 0 Å². The summed E-state index contributed by atoms with van der Waals surface area (Å²) in [5, 5.41) is 0. The molecule has 0 saturated carbocycles. The Morgan fingerprint density at radius 1 is 1.17 bits per heavy atom. The molecule has 0 aliphatic rings. The Hall–Kier alpha value is 3.35. The van der Waals surface area contributed by atoms with Crippen LogP contribution in [0.1, 0.15) is 0 Å². The summed E-state index contributed by atoms with van der Waals surface area (Å²) in [7, 11) is 0. The summed E-state index contributed by atoms with van der Waals surface area (Å²) in [5.41, 5.74) is 0. The summed E-state index contributed by atoms with van der Waals surface area (Å²) in [6.07, 6.45) is 0. The normalized spacial score (nSPS) is 6.00. The molecule has 6 heavy (non-hydrogen) atoms. The third-order valence-electron chi connectivity index (χ3n) is 0. The summed E-state index contributed by atoms with van der Waals surface area (Å²) in [6.45, 7) is 0. The molecule has 0 aromatic carbocycles. The van der Waals surface area contributed by atoms with E-state index < -0.39 is 0 Å². The zero-order valence-corrected chi connectivity index (χ0v) is 12.3. The first kappa shape index (κ1) is 12.1. The quantitative estimate of drug-likeness (QED) is 0.240. The number of rotatable bonds is 0. The van der Waals surface area contributed by atoms with E-state index in [1.807, 2.05) is 0 Å². The van der Waals surface area contributed by atoms with Crippen molar-refractivity contribution in [1.29, 1.82) is 0 Å². The molecule has 0 aliphatic heterocycles. The zero-order valence-electron chi connectivity index (χ0n) is 2.72. The molecule has 0 N–H and O–H groups in total. The highest BCUT2D eigenvalue weighted by Gasteiger charge is 1.41. The zero-order chi connectivity index (χ0) is 5.41. The first-order chi connectivity index (χ1) is 2.83. The van der Waals surface area contributed by atoms with Gasteiger partial charge in [-0.05, 0) is 44.1 Å². The van der Waals surface area contributed by atoms with Crippen molar-refractivity contribution >= 4 is 93.1 Å². The summed E-state index contributed by atoms with van der Waals surface area (Å²) >= 11 is 9.16. The van der Waals surface area contributed by atoms with Crippen LogP contribution < -0.4 is 0 Å². The summed E-state index contributed by atoms with van der Waals surface area (Å²) < 4.78 is 2.21. The lowest BCUT2D eigenvalue weighted by Crippen LogP contribution is -1.17. The maximum Gasteiger partial charge on any atom is 0.0516 e. The van der Waals surface area contributed by atoms with Crippen LogP contribution in [0.3, 0.4) is 0 Å². The van der Waals surface area contributed by atoms with Crippen molar-refractivity contribution in [2.45, 2.75) is 0 Å². The Morgan fingerprint density at radius 3 is 1.17 bits per heavy atom. The van der Waals surface area contributed by atoms with Gasteiger partial charge >= 0.3 is 0 Å². The molecule has 0 atom stereocenters. The lowest BCUT2D eigenvalue weighted by Gasteiger charge is -1.43. The van der Waals surface area contributed by atoms with Crippen LogP contribution in [0.2, 0.25) is 0 Å². The van der Waals surface area contributed by atoms with Crippen molar-refractivity contribution in [2.24, 2.45) is 0 Å². The third kappa shape index (κ3) is 26.4. The fourth-order valence-electron chi connectivity index (χ4n) is 0. The van der Waals surface area contributed by atoms with E-state index in [0.717, 1.165) is 3.87 Å². The molecule has 0 nitrogen and oxygen atoms in total. The average molecular weight is 554 g/mol. The van der Waals surface area contributed by atoms with Gasteiger partial charge in [-0.15, -0.1) is 0 Å². The van der Waals surface area contributed by atoms with Gasteiger partial charge in [-0.3, -0.25) is 0 Å². The molecule has 0 unspecified atom stereocenters. The minimum absolute atomic E-state index is 1.02. The third-order valence-corrected chi connectivity index (χ3v) is 0. The van der Waals surface area contributed by atoms with Gasteiger partial charge in [0.15, 0.2) is 0 Å². The summed E-state index contributed by atoms with van der Waals surface area (Å²) in [5.74, 6) is 0. The molecule has 0 bridgehead atoms. The molecule has 0 amide bonds. The molecular weight excluding hydrogens is 551 g/mol. The predicted molar refractivity (Wildman–Crippen MR) is 69.3 cm³/mol. The van der Waals surface area contributed by atoms with Crippen LogP contribution in [0.25, 0.3) is 0 Å². The second-order valence-corrected chi connectivity index (χ2v) is 14.2. The van der Waals surface area contributed by atoms with Gasteiger partial charge in [-0.2, -0.15) is 0 Å². The second kappa shape index (κ2) is 15.8. The average Bonchev–Trinajstić information content (AvgIpc) is 1.39. The highest BCUT2D eigenvalue weighted by Crippen LogP contribution is 2.29. The minimum atomic E-state index is 1.02. The molecule has 0 radical (unpaired) electrons. The molecule has 0 spiro atoms. The summed E-state index contributed by atoms with van der Waals surface area (Å²) in [6, 6.07) is 0. The van der Waals surface area contributed by atoms with Gasteiger partial charge in [-0.25, -0.2) is 0 Å².